The van der Waals surface area contributed by atoms with Crippen LogP contribution < -0.4 is 5.32 Å². The Balaban J connectivity index is 1.55. The van der Waals surface area contributed by atoms with Crippen LogP contribution in [0.25, 0.3) is 0 Å². The van der Waals surface area contributed by atoms with Gasteiger partial charge < -0.3 is 110 Å². The van der Waals surface area contributed by atoms with E-state index in [0.29, 0.717) is 0 Å². The van der Waals surface area contributed by atoms with Crippen LogP contribution in [0.5, 0.6) is 0 Å². The molecule has 0 aromatic rings. The Morgan fingerprint density at radius 2 is 1.34 bits per heavy atom. The summed E-state index contributed by atoms with van der Waals surface area (Å²) in [5, 5.41) is 148. The zero-order valence-electron chi connectivity index (χ0n) is 28.3. The van der Waals surface area contributed by atoms with Crippen LogP contribution in [-0.2, 0) is 42.7 Å². The van der Waals surface area contributed by atoms with Gasteiger partial charge in [-0.2, -0.15) is 0 Å². The second kappa shape index (κ2) is 17.9. The van der Waals surface area contributed by atoms with Crippen molar-refractivity contribution in [3.05, 3.63) is 0 Å². The first kappa shape index (κ1) is 43.9. The number of aliphatic carboxylic acids is 1. The molecule has 4 fully saturated rings. The lowest BCUT2D eigenvalue weighted by atomic mass is 9.88. The van der Waals surface area contributed by atoms with E-state index in [1.54, 1.807) is 0 Å². The normalized spacial score (nSPS) is 47.8. The zero-order chi connectivity index (χ0) is 39.7. The highest BCUT2D eigenvalue weighted by Gasteiger charge is 2.60. The minimum Gasteiger partial charge on any atom is -0.477 e. The van der Waals surface area contributed by atoms with Crippen molar-refractivity contribution in [2.75, 3.05) is 19.8 Å². The third-order valence-electron chi connectivity index (χ3n) is 9.53. The molecule has 24 heteroatoms. The van der Waals surface area contributed by atoms with Gasteiger partial charge in [0.1, 0.15) is 85.5 Å². The van der Waals surface area contributed by atoms with E-state index < -0.39 is 166 Å². The summed E-state index contributed by atoms with van der Waals surface area (Å²) < 4.78 is 38.3. The fourth-order valence-electron chi connectivity index (χ4n) is 6.62. The zero-order valence-corrected chi connectivity index (χ0v) is 28.3. The second-order valence-electron chi connectivity index (χ2n) is 13.3. The van der Waals surface area contributed by atoms with Crippen molar-refractivity contribution in [3.63, 3.8) is 0 Å². The summed E-state index contributed by atoms with van der Waals surface area (Å²) in [4.78, 5) is 24.6. The van der Waals surface area contributed by atoms with E-state index in [0.717, 1.165) is 6.92 Å². The lowest BCUT2D eigenvalue weighted by Gasteiger charge is -2.50. The molecule has 15 N–H and O–H groups in total. The van der Waals surface area contributed by atoms with Gasteiger partial charge in [-0.15, -0.1) is 0 Å². The van der Waals surface area contributed by atoms with Crippen LogP contribution in [0.15, 0.2) is 0 Å². The van der Waals surface area contributed by atoms with Crippen LogP contribution in [0.4, 0.5) is 0 Å². The molecule has 4 rings (SSSR count). The van der Waals surface area contributed by atoms with Crippen molar-refractivity contribution in [1.29, 1.82) is 0 Å². The lowest BCUT2D eigenvalue weighted by molar-refractivity contribution is -0.390. The molecule has 0 saturated carbocycles. The molecule has 0 unspecified atom stereocenters. The maximum Gasteiger partial charge on any atom is 0.364 e. The summed E-state index contributed by atoms with van der Waals surface area (Å²) in [6.45, 7) is -0.546. The summed E-state index contributed by atoms with van der Waals surface area (Å²) in [5.74, 6) is -5.82. The van der Waals surface area contributed by atoms with E-state index in [1.807, 2.05) is 0 Å². The second-order valence-corrected chi connectivity index (χ2v) is 13.3. The summed E-state index contributed by atoms with van der Waals surface area (Å²) >= 11 is 0. The molecule has 0 aliphatic carbocycles. The highest BCUT2D eigenvalue weighted by atomic mass is 16.8. The van der Waals surface area contributed by atoms with Crippen LogP contribution in [0.3, 0.4) is 0 Å². The summed E-state index contributed by atoms with van der Waals surface area (Å²) in [6.07, 6.45) is -36.6. The Morgan fingerprint density at radius 1 is 0.774 bits per heavy atom. The third-order valence-corrected chi connectivity index (χ3v) is 9.53. The minimum absolute atomic E-state index is 0.767. The van der Waals surface area contributed by atoms with Crippen LogP contribution in [0.2, 0.25) is 0 Å². The van der Waals surface area contributed by atoms with Gasteiger partial charge in [-0.05, 0) is 6.92 Å². The number of aliphatic hydroxyl groups excluding tert-OH is 13. The van der Waals surface area contributed by atoms with Crippen molar-refractivity contribution >= 4 is 11.9 Å². The van der Waals surface area contributed by atoms with E-state index in [2.05, 4.69) is 5.32 Å². The van der Waals surface area contributed by atoms with Gasteiger partial charge in [0.05, 0.1) is 38.1 Å². The topological polar surface area (TPSA) is 394 Å². The summed E-state index contributed by atoms with van der Waals surface area (Å²) in [7, 11) is 0. The number of carbonyl (C=O) groups is 2. The van der Waals surface area contributed by atoms with Gasteiger partial charge in [0, 0.05) is 13.3 Å². The third kappa shape index (κ3) is 9.08. The Labute approximate surface area is 300 Å². The molecule has 0 bridgehead atoms. The first-order valence-electron chi connectivity index (χ1n) is 16.6. The quantitative estimate of drug-likeness (QED) is 0.0825. The van der Waals surface area contributed by atoms with E-state index in [9.17, 15) is 81.1 Å². The highest BCUT2D eigenvalue weighted by Crippen LogP contribution is 2.38. The lowest BCUT2D eigenvalue weighted by Crippen LogP contribution is -2.70. The molecule has 24 nitrogen and oxygen atoms in total. The number of nitrogens with one attached hydrogen (secondary N) is 1. The molecule has 1 amide bonds. The standard InChI is InChI=1S/C29H49NO23/c1-7-21(17(40)18(41)26(47-7)51-23-15(38)11(5-32)48-25(44)19(23)42)50-27-20(43)24(16(39)12(6-33)49-27)53-29(28(45)46)3-9(35)13(30-8(2)34)22(52-29)14(37)10(36)4-31/h7,9-27,31-33,35-44H,3-6H2,1-2H3,(H,30,34)(H,45,46)/t7-,9+,10-,11-,12-,13-,14-,15-,16+,17-,18-,19-,20-,21+,22-,23+,24+,25-,26-,27+,29+/m1/s1. The molecule has 4 heterocycles. The minimum atomic E-state index is -3.06. The number of aliphatic hydroxyl groups is 13. The number of ether oxygens (including phenoxy) is 7. The molecule has 0 spiro atoms. The molecule has 0 aromatic carbocycles. The Morgan fingerprint density at radius 3 is 1.91 bits per heavy atom. The smallest absolute Gasteiger partial charge is 0.364 e. The molecule has 0 radical (unpaired) electrons. The van der Waals surface area contributed by atoms with Crippen LogP contribution in [-0.4, -0.2) is 232 Å². The van der Waals surface area contributed by atoms with Gasteiger partial charge in [-0.1, -0.05) is 0 Å². The highest BCUT2D eigenvalue weighted by molar-refractivity contribution is 5.76. The number of carbonyl (C=O) groups excluding carboxylic acids is 1. The predicted octanol–water partition coefficient (Wildman–Crippen LogP) is -9.37. The number of carboxylic acid groups (broad SMARTS) is 1. The molecule has 53 heavy (non-hydrogen) atoms. The fraction of sp³-hybridized carbons (Fsp3) is 0.931. The van der Waals surface area contributed by atoms with Crippen molar-refractivity contribution in [1.82, 2.24) is 5.32 Å². The monoisotopic (exact) mass is 779 g/mol. The van der Waals surface area contributed by atoms with Gasteiger partial charge in [-0.25, -0.2) is 4.79 Å². The average Bonchev–Trinajstić information content (AvgIpc) is 3.11. The van der Waals surface area contributed by atoms with E-state index in [1.165, 1.54) is 6.92 Å². The largest absolute Gasteiger partial charge is 0.477 e. The average molecular weight is 780 g/mol. The van der Waals surface area contributed by atoms with Crippen molar-refractivity contribution in [2.45, 2.75) is 149 Å². The van der Waals surface area contributed by atoms with Gasteiger partial charge in [-0.3, -0.25) is 4.79 Å². The van der Waals surface area contributed by atoms with Crippen LogP contribution in [0.1, 0.15) is 20.3 Å². The fourth-order valence-corrected chi connectivity index (χ4v) is 6.62. The Kier molecular flexibility index (Phi) is 14.9. The van der Waals surface area contributed by atoms with Crippen LogP contribution >= 0.6 is 0 Å². The molecule has 0 aromatic heterocycles. The van der Waals surface area contributed by atoms with Crippen molar-refractivity contribution in [3.8, 4) is 0 Å². The molecule has 4 aliphatic rings. The summed E-state index contributed by atoms with van der Waals surface area (Å²) in [5.41, 5.74) is 0. The predicted molar refractivity (Wildman–Crippen MR) is 161 cm³/mol. The molecule has 21 atom stereocenters. The maximum absolute atomic E-state index is 12.7. The van der Waals surface area contributed by atoms with Crippen LogP contribution in [0, 0.1) is 0 Å². The molecule has 4 saturated heterocycles. The number of rotatable bonds is 13. The molecular formula is C29H49NO23. The van der Waals surface area contributed by atoms with Gasteiger partial charge in [0.2, 0.25) is 5.91 Å². The van der Waals surface area contributed by atoms with E-state index >= 15 is 0 Å². The first-order chi connectivity index (χ1) is 24.8. The Bertz CT molecular complexity index is 1220. The number of carboxylic acids is 1. The van der Waals surface area contributed by atoms with Gasteiger partial charge in [0.25, 0.3) is 5.79 Å². The molecule has 308 valence electrons. The molecule has 4 aliphatic heterocycles. The maximum atomic E-state index is 12.7. The van der Waals surface area contributed by atoms with Crippen molar-refractivity contribution < 1.29 is 114 Å². The molecular weight excluding hydrogens is 730 g/mol. The number of hydrogen-bond acceptors (Lipinski definition) is 22. The van der Waals surface area contributed by atoms with E-state index in [4.69, 9.17) is 33.2 Å². The van der Waals surface area contributed by atoms with Crippen molar-refractivity contribution in [2.24, 2.45) is 0 Å². The van der Waals surface area contributed by atoms with Gasteiger partial charge >= 0.3 is 5.97 Å². The Hall–Kier alpha value is -1.86. The number of hydrogen-bond donors (Lipinski definition) is 15. The van der Waals surface area contributed by atoms with Gasteiger partial charge in [0.15, 0.2) is 18.9 Å². The summed E-state index contributed by atoms with van der Waals surface area (Å²) in [6, 6.07) is -1.57. The van der Waals surface area contributed by atoms with E-state index in [-0.39, 0.29) is 0 Å². The first-order valence-corrected chi connectivity index (χ1v) is 16.6. The number of amides is 1. The SMILES string of the molecule is CC(=O)N[C@H]1[C@H]([C@H](O)[C@H](O)CO)O[C@@](O[C@H]2[C@@H](O)[C@@H](CO)O[C@@H](O[C@@H]3[C@H](O)[C@@H](O)[C@@H](O[C@@H]4[C@@H](O)[C@H](O)O[C@H](CO)[C@H]4O)O[C@@H]3C)[C@@H]2O)(C(=O)O)C[C@@H]1O.